The molecule has 0 saturated heterocycles. The molecule has 0 aliphatic heterocycles. The molecule has 1 rings (SSSR count). The summed E-state index contributed by atoms with van der Waals surface area (Å²) in [4.78, 5) is 4.51. The monoisotopic (exact) mass is 165 g/mol. The van der Waals surface area contributed by atoms with Crippen molar-refractivity contribution in [2.24, 2.45) is 5.16 Å². The molecular formula is C9H11NO2. The summed E-state index contributed by atoms with van der Waals surface area (Å²) in [6, 6.07) is 5.30. The number of phenolic OH excluding ortho intramolecular Hbond substituents is 1. The summed E-state index contributed by atoms with van der Waals surface area (Å²) in [5.74, 6) is 0.218. The van der Waals surface area contributed by atoms with E-state index in [1.54, 1.807) is 12.1 Å². The van der Waals surface area contributed by atoms with E-state index in [1.807, 2.05) is 13.0 Å². The van der Waals surface area contributed by atoms with Crippen LogP contribution in [0, 0.1) is 6.92 Å². The Kier molecular flexibility index (Phi) is 2.69. The number of aryl methyl sites for hydroxylation is 1. The second kappa shape index (κ2) is 3.76. The average Bonchev–Trinajstić information content (AvgIpc) is 2.04. The Balaban J connectivity index is 3.04. The van der Waals surface area contributed by atoms with Crippen LogP contribution < -0.4 is 0 Å². The van der Waals surface area contributed by atoms with E-state index in [2.05, 4.69) is 9.99 Å². The third-order valence-corrected chi connectivity index (χ3v) is 1.59. The lowest BCUT2D eigenvalue weighted by atomic mass is 10.1. The van der Waals surface area contributed by atoms with Gasteiger partial charge in [-0.3, -0.25) is 0 Å². The van der Waals surface area contributed by atoms with Gasteiger partial charge in [0.2, 0.25) is 0 Å². The average molecular weight is 165 g/mol. The van der Waals surface area contributed by atoms with Gasteiger partial charge in [0, 0.05) is 5.56 Å². The minimum atomic E-state index is 0.218. The Morgan fingerprint density at radius 2 is 2.25 bits per heavy atom. The molecule has 0 amide bonds. The second-order valence-electron chi connectivity index (χ2n) is 2.42. The van der Waals surface area contributed by atoms with Crippen molar-refractivity contribution in [3.63, 3.8) is 0 Å². The van der Waals surface area contributed by atoms with Gasteiger partial charge < -0.3 is 9.94 Å². The molecule has 12 heavy (non-hydrogen) atoms. The van der Waals surface area contributed by atoms with Crippen LogP contribution in [0.3, 0.4) is 0 Å². The van der Waals surface area contributed by atoms with E-state index >= 15 is 0 Å². The number of oxime groups is 1. The van der Waals surface area contributed by atoms with Gasteiger partial charge in [0.1, 0.15) is 12.9 Å². The summed E-state index contributed by atoms with van der Waals surface area (Å²) in [7, 11) is 1.46. The fourth-order valence-electron chi connectivity index (χ4n) is 0.939. The fourth-order valence-corrected chi connectivity index (χ4v) is 0.939. The number of rotatable bonds is 2. The molecule has 0 aliphatic carbocycles. The summed E-state index contributed by atoms with van der Waals surface area (Å²) in [5.41, 5.74) is 1.66. The molecule has 3 nitrogen and oxygen atoms in total. The molecule has 0 saturated carbocycles. The largest absolute Gasteiger partial charge is 0.507 e. The van der Waals surface area contributed by atoms with Crippen molar-refractivity contribution in [2.75, 3.05) is 7.11 Å². The van der Waals surface area contributed by atoms with E-state index in [1.165, 1.54) is 13.3 Å². The number of aromatic hydroxyl groups is 1. The van der Waals surface area contributed by atoms with E-state index in [9.17, 15) is 5.11 Å². The molecule has 1 N–H and O–H groups in total. The normalized spacial score (nSPS) is 10.5. The summed E-state index contributed by atoms with van der Waals surface area (Å²) < 4.78 is 0. The lowest BCUT2D eigenvalue weighted by Gasteiger charge is -2.00. The fraction of sp³-hybridized carbons (Fsp3) is 0.222. The topological polar surface area (TPSA) is 41.8 Å². The van der Waals surface area contributed by atoms with Gasteiger partial charge >= 0.3 is 0 Å². The minimum Gasteiger partial charge on any atom is -0.507 e. The maximum Gasteiger partial charge on any atom is 0.124 e. The zero-order valence-electron chi connectivity index (χ0n) is 7.11. The molecule has 0 aromatic heterocycles. The maximum absolute atomic E-state index is 9.37. The first-order valence-electron chi connectivity index (χ1n) is 3.61. The summed E-state index contributed by atoms with van der Waals surface area (Å²) in [6.07, 6.45) is 1.49. The van der Waals surface area contributed by atoms with Crippen LogP contribution >= 0.6 is 0 Å². The molecule has 0 fully saturated rings. The van der Waals surface area contributed by atoms with Gasteiger partial charge in [0.15, 0.2) is 0 Å². The summed E-state index contributed by atoms with van der Waals surface area (Å²) in [6.45, 7) is 1.90. The van der Waals surface area contributed by atoms with E-state index < -0.39 is 0 Å². The number of hydrogen-bond acceptors (Lipinski definition) is 3. The molecule has 1 aromatic rings. The first-order chi connectivity index (χ1) is 5.75. The summed E-state index contributed by atoms with van der Waals surface area (Å²) in [5, 5.41) is 12.9. The van der Waals surface area contributed by atoms with Crippen molar-refractivity contribution in [1.29, 1.82) is 0 Å². The van der Waals surface area contributed by atoms with Gasteiger partial charge in [-0.05, 0) is 18.6 Å². The molecule has 1 aromatic carbocycles. The minimum absolute atomic E-state index is 0.218. The third-order valence-electron chi connectivity index (χ3n) is 1.59. The van der Waals surface area contributed by atoms with Gasteiger partial charge in [-0.25, -0.2) is 0 Å². The van der Waals surface area contributed by atoms with Crippen molar-refractivity contribution in [2.45, 2.75) is 6.92 Å². The maximum atomic E-state index is 9.37. The molecule has 0 aliphatic rings. The van der Waals surface area contributed by atoms with Crippen molar-refractivity contribution in [3.05, 3.63) is 29.3 Å². The van der Waals surface area contributed by atoms with Crippen LogP contribution in [0.25, 0.3) is 0 Å². The van der Waals surface area contributed by atoms with E-state index in [0.29, 0.717) is 5.56 Å². The molecule has 0 atom stereocenters. The number of benzene rings is 1. The smallest absolute Gasteiger partial charge is 0.124 e. The van der Waals surface area contributed by atoms with Crippen LogP contribution in [-0.2, 0) is 4.84 Å². The van der Waals surface area contributed by atoms with Crippen LogP contribution in [0.15, 0.2) is 23.4 Å². The highest BCUT2D eigenvalue weighted by Gasteiger charge is 1.99. The first-order valence-corrected chi connectivity index (χ1v) is 3.61. The SMILES string of the molecule is CO/N=C/c1c(C)cccc1O. The number of nitrogens with zero attached hydrogens (tertiary/aromatic N) is 1. The van der Waals surface area contributed by atoms with Crippen molar-refractivity contribution in [1.82, 2.24) is 0 Å². The number of hydrogen-bond donors (Lipinski definition) is 1. The lowest BCUT2D eigenvalue weighted by Crippen LogP contribution is -1.87. The Hall–Kier alpha value is -1.51. The third kappa shape index (κ3) is 1.75. The van der Waals surface area contributed by atoms with Crippen molar-refractivity contribution < 1.29 is 9.94 Å². The van der Waals surface area contributed by atoms with Gasteiger partial charge in [0.25, 0.3) is 0 Å². The Bertz CT molecular complexity index is 274. The van der Waals surface area contributed by atoms with Crippen molar-refractivity contribution >= 4 is 6.21 Å². The predicted molar refractivity (Wildman–Crippen MR) is 47.4 cm³/mol. The number of phenols is 1. The zero-order valence-corrected chi connectivity index (χ0v) is 7.11. The van der Waals surface area contributed by atoms with E-state index in [0.717, 1.165) is 5.56 Å². The zero-order chi connectivity index (χ0) is 8.97. The highest BCUT2D eigenvalue weighted by molar-refractivity contribution is 5.84. The van der Waals surface area contributed by atoms with E-state index in [-0.39, 0.29) is 5.75 Å². The molecule has 0 heterocycles. The Morgan fingerprint density at radius 3 is 2.83 bits per heavy atom. The van der Waals surface area contributed by atoms with Gasteiger partial charge in [-0.15, -0.1) is 0 Å². The van der Waals surface area contributed by atoms with Crippen LogP contribution in [0.2, 0.25) is 0 Å². The Labute approximate surface area is 71.3 Å². The molecule has 0 spiro atoms. The molecule has 3 heteroatoms. The van der Waals surface area contributed by atoms with Gasteiger partial charge in [-0.1, -0.05) is 17.3 Å². The van der Waals surface area contributed by atoms with Crippen LogP contribution in [0.1, 0.15) is 11.1 Å². The molecule has 0 unspecified atom stereocenters. The molecular weight excluding hydrogens is 154 g/mol. The van der Waals surface area contributed by atoms with Crippen LogP contribution in [-0.4, -0.2) is 18.4 Å². The van der Waals surface area contributed by atoms with Gasteiger partial charge in [0.05, 0.1) is 6.21 Å². The standard InChI is InChI=1S/C9H11NO2/c1-7-4-3-5-9(11)8(7)6-10-12-2/h3-6,11H,1-2H3/b10-6+. The molecule has 0 radical (unpaired) electrons. The second-order valence-corrected chi connectivity index (χ2v) is 2.42. The predicted octanol–water partition coefficient (Wildman–Crippen LogP) is 1.68. The highest BCUT2D eigenvalue weighted by atomic mass is 16.6. The molecule has 0 bridgehead atoms. The first kappa shape index (κ1) is 8.59. The quantitative estimate of drug-likeness (QED) is 0.535. The van der Waals surface area contributed by atoms with Crippen LogP contribution in [0.4, 0.5) is 0 Å². The van der Waals surface area contributed by atoms with E-state index in [4.69, 9.17) is 0 Å². The van der Waals surface area contributed by atoms with Crippen LogP contribution in [0.5, 0.6) is 5.75 Å². The van der Waals surface area contributed by atoms with Crippen molar-refractivity contribution in [3.8, 4) is 5.75 Å². The Morgan fingerprint density at radius 1 is 1.50 bits per heavy atom. The highest BCUT2D eigenvalue weighted by Crippen LogP contribution is 2.17. The summed E-state index contributed by atoms with van der Waals surface area (Å²) >= 11 is 0. The van der Waals surface area contributed by atoms with Gasteiger partial charge in [-0.2, -0.15) is 0 Å². The lowest BCUT2D eigenvalue weighted by molar-refractivity contribution is 0.215. The molecule has 64 valence electrons.